The van der Waals surface area contributed by atoms with Crippen molar-refractivity contribution in [1.82, 2.24) is 0 Å². The van der Waals surface area contributed by atoms with Crippen molar-refractivity contribution in [2.45, 2.75) is 63.9 Å². The van der Waals surface area contributed by atoms with E-state index in [-0.39, 0.29) is 17.0 Å². The average Bonchev–Trinajstić information content (AvgIpc) is 3.10. The van der Waals surface area contributed by atoms with Crippen molar-refractivity contribution < 1.29 is 14.3 Å². The molecule has 3 unspecified atom stereocenters. The van der Waals surface area contributed by atoms with Crippen molar-refractivity contribution in [2.24, 2.45) is 23.2 Å². The number of hydrogen-bond donors (Lipinski definition) is 0. The maximum Gasteiger partial charge on any atom is 0.331 e. The van der Waals surface area contributed by atoms with Crippen LogP contribution in [0.3, 0.4) is 0 Å². The van der Waals surface area contributed by atoms with Crippen LogP contribution in [0.25, 0.3) is 0 Å². The van der Waals surface area contributed by atoms with Crippen molar-refractivity contribution in [3.8, 4) is 0 Å². The van der Waals surface area contributed by atoms with E-state index in [0.29, 0.717) is 36.4 Å². The molecule has 0 bridgehead atoms. The van der Waals surface area contributed by atoms with Gasteiger partial charge in [0, 0.05) is 24.3 Å². The second-order valence-corrected chi connectivity index (χ2v) is 9.04. The lowest BCUT2D eigenvalue weighted by atomic mass is 9.52. The molecule has 25 heavy (non-hydrogen) atoms. The molecule has 0 saturated heterocycles. The molecule has 132 valence electrons. The molecule has 0 aromatic rings. The Kier molecular flexibility index (Phi) is 3.09. The van der Waals surface area contributed by atoms with E-state index >= 15 is 0 Å². The highest BCUT2D eigenvalue weighted by atomic mass is 16.6. The van der Waals surface area contributed by atoms with Gasteiger partial charge in [-0.15, -0.1) is 0 Å². The van der Waals surface area contributed by atoms with Gasteiger partial charge in [-0.05, 0) is 67.9 Å². The molecule has 1 spiro atoms. The first-order valence-corrected chi connectivity index (χ1v) is 9.77. The molecule has 4 aliphatic carbocycles. The summed E-state index contributed by atoms with van der Waals surface area (Å²) in [6.45, 7) is 6.70. The Morgan fingerprint density at radius 2 is 2.04 bits per heavy atom. The molecule has 2 fully saturated rings. The van der Waals surface area contributed by atoms with Crippen LogP contribution in [-0.2, 0) is 14.3 Å². The Morgan fingerprint density at radius 3 is 2.80 bits per heavy atom. The Hall–Kier alpha value is -1.64. The number of carbonyl (C=O) groups excluding carboxylic acids is 2. The van der Waals surface area contributed by atoms with Crippen LogP contribution in [0.1, 0.15) is 58.3 Å². The van der Waals surface area contributed by atoms with Crippen LogP contribution in [0.4, 0.5) is 0 Å². The highest BCUT2D eigenvalue weighted by Crippen LogP contribution is 2.66. The molecule has 5 rings (SSSR count). The number of fused-ring (bicyclic) bond motifs is 5. The molecule has 0 radical (unpaired) electrons. The van der Waals surface area contributed by atoms with E-state index in [1.807, 2.05) is 0 Å². The lowest BCUT2D eigenvalue weighted by Gasteiger charge is -2.54. The number of ether oxygens (including phenoxy) is 1. The Bertz CT molecular complexity index is 757. The van der Waals surface area contributed by atoms with Crippen LogP contribution in [0.2, 0.25) is 0 Å². The highest BCUT2D eigenvalue weighted by Gasteiger charge is 2.64. The fourth-order valence-corrected chi connectivity index (χ4v) is 6.92. The minimum Gasteiger partial charge on any atom is -0.451 e. The zero-order valence-corrected chi connectivity index (χ0v) is 15.0. The summed E-state index contributed by atoms with van der Waals surface area (Å²) in [6.07, 6.45) is 11.3. The first kappa shape index (κ1) is 15.6. The molecule has 5 atom stereocenters. The third kappa shape index (κ3) is 1.93. The van der Waals surface area contributed by atoms with Gasteiger partial charge in [0.05, 0.1) is 0 Å². The quantitative estimate of drug-likeness (QED) is 0.619. The van der Waals surface area contributed by atoms with E-state index in [1.54, 1.807) is 11.6 Å². The van der Waals surface area contributed by atoms with Crippen molar-refractivity contribution in [1.29, 1.82) is 0 Å². The Balaban J connectivity index is 1.52. The van der Waals surface area contributed by atoms with E-state index in [2.05, 4.69) is 19.6 Å². The summed E-state index contributed by atoms with van der Waals surface area (Å²) >= 11 is 0. The third-order valence-electron chi connectivity index (χ3n) is 8.18. The molecule has 3 nitrogen and oxygen atoms in total. The number of carbonyl (C=O) groups is 2. The number of Topliss-reactive ketones (excluding diaryl/α,β-unsaturated/α-hetero) is 1. The number of allylic oxidation sites excluding steroid dienone is 3. The largest absolute Gasteiger partial charge is 0.451 e. The zero-order valence-electron chi connectivity index (χ0n) is 15.0. The Labute approximate surface area is 149 Å². The second-order valence-electron chi connectivity index (χ2n) is 9.04. The number of hydrogen-bond acceptors (Lipinski definition) is 3. The first-order chi connectivity index (χ1) is 11.9. The number of rotatable bonds is 0. The maximum absolute atomic E-state index is 11.9. The van der Waals surface area contributed by atoms with Crippen LogP contribution < -0.4 is 0 Å². The minimum atomic E-state index is -0.377. The molecule has 0 aromatic carbocycles. The number of esters is 1. The predicted molar refractivity (Wildman–Crippen MR) is 94.6 cm³/mol. The SMILES string of the molecule is C=C1CC2C(CC[C@@]3(C)C2CC[C@@]32C=CC(=O)O2)C2=C1CC(=O)CC2. The van der Waals surface area contributed by atoms with Gasteiger partial charge in [-0.2, -0.15) is 0 Å². The molecule has 0 N–H and O–H groups in total. The molecule has 0 aromatic heterocycles. The average molecular weight is 338 g/mol. The normalized spacial score (nSPS) is 45.5. The molecule has 1 heterocycles. The lowest BCUT2D eigenvalue weighted by molar-refractivity contribution is -0.159. The molecule has 3 heteroatoms. The predicted octanol–water partition coefficient (Wildman–Crippen LogP) is 4.29. The summed E-state index contributed by atoms with van der Waals surface area (Å²) in [5.41, 5.74) is 3.70. The van der Waals surface area contributed by atoms with Crippen molar-refractivity contribution >= 4 is 11.8 Å². The Morgan fingerprint density at radius 1 is 1.20 bits per heavy atom. The smallest absolute Gasteiger partial charge is 0.331 e. The maximum atomic E-state index is 11.9. The van der Waals surface area contributed by atoms with Gasteiger partial charge in [0.1, 0.15) is 11.4 Å². The summed E-state index contributed by atoms with van der Waals surface area (Å²) in [5, 5.41) is 0. The van der Waals surface area contributed by atoms with Gasteiger partial charge in [0.2, 0.25) is 0 Å². The molecule has 2 saturated carbocycles. The summed E-state index contributed by atoms with van der Waals surface area (Å²) in [4.78, 5) is 23.7. The van der Waals surface area contributed by atoms with Crippen LogP contribution in [0, 0.1) is 23.2 Å². The van der Waals surface area contributed by atoms with E-state index < -0.39 is 0 Å². The fraction of sp³-hybridized carbons (Fsp3) is 0.636. The summed E-state index contributed by atoms with van der Waals surface area (Å²) in [6, 6.07) is 0. The highest BCUT2D eigenvalue weighted by molar-refractivity contribution is 5.85. The third-order valence-corrected chi connectivity index (χ3v) is 8.18. The molecule has 5 aliphatic rings. The van der Waals surface area contributed by atoms with E-state index in [4.69, 9.17) is 4.74 Å². The van der Waals surface area contributed by atoms with Crippen LogP contribution >= 0.6 is 0 Å². The number of ketones is 1. The van der Waals surface area contributed by atoms with Crippen molar-refractivity contribution in [2.75, 3.05) is 0 Å². The topological polar surface area (TPSA) is 43.4 Å². The van der Waals surface area contributed by atoms with Gasteiger partial charge in [0.25, 0.3) is 0 Å². The lowest BCUT2D eigenvalue weighted by Crippen LogP contribution is -2.51. The summed E-state index contributed by atoms with van der Waals surface area (Å²) < 4.78 is 5.88. The van der Waals surface area contributed by atoms with E-state index in [1.165, 1.54) is 11.1 Å². The van der Waals surface area contributed by atoms with Crippen LogP contribution in [0.5, 0.6) is 0 Å². The van der Waals surface area contributed by atoms with Gasteiger partial charge in [-0.3, -0.25) is 4.79 Å². The molecule has 1 aliphatic heterocycles. The standard InChI is InChI=1S/C22H26O3/c1-13-11-18-16(15-4-3-14(23)12-17(13)15)5-8-21(2)19(18)6-9-22(21)10-7-20(24)25-22/h7,10,16,18-19H,1,3-6,8-9,11-12H2,2H3/t16?,18?,19?,21-,22+/m0/s1. The summed E-state index contributed by atoms with van der Waals surface area (Å²) in [7, 11) is 0. The molecule has 0 amide bonds. The molecular weight excluding hydrogens is 312 g/mol. The summed E-state index contributed by atoms with van der Waals surface area (Å²) in [5.74, 6) is 1.99. The van der Waals surface area contributed by atoms with E-state index in [0.717, 1.165) is 38.5 Å². The van der Waals surface area contributed by atoms with Gasteiger partial charge < -0.3 is 4.74 Å². The van der Waals surface area contributed by atoms with Gasteiger partial charge in [-0.1, -0.05) is 24.6 Å². The van der Waals surface area contributed by atoms with Gasteiger partial charge >= 0.3 is 5.97 Å². The second kappa shape index (κ2) is 4.96. The zero-order chi connectivity index (χ0) is 17.4. The van der Waals surface area contributed by atoms with Crippen LogP contribution in [-0.4, -0.2) is 17.4 Å². The van der Waals surface area contributed by atoms with Crippen molar-refractivity contribution in [3.63, 3.8) is 0 Å². The van der Waals surface area contributed by atoms with Gasteiger partial charge in [0.15, 0.2) is 0 Å². The minimum absolute atomic E-state index is 0.0413. The fourth-order valence-electron chi connectivity index (χ4n) is 6.92. The monoisotopic (exact) mass is 338 g/mol. The first-order valence-electron chi connectivity index (χ1n) is 9.77. The van der Waals surface area contributed by atoms with Crippen molar-refractivity contribution in [3.05, 3.63) is 35.5 Å². The van der Waals surface area contributed by atoms with E-state index in [9.17, 15) is 9.59 Å². The molecular formula is C22H26O3. The van der Waals surface area contributed by atoms with Crippen LogP contribution in [0.15, 0.2) is 35.5 Å². The van der Waals surface area contributed by atoms with Gasteiger partial charge in [-0.25, -0.2) is 4.79 Å².